The molecule has 3 saturated carbocycles. The van der Waals surface area contributed by atoms with E-state index in [0.29, 0.717) is 24.2 Å². The summed E-state index contributed by atoms with van der Waals surface area (Å²) in [6, 6.07) is 0. The second-order valence-electron chi connectivity index (χ2n) is 12.5. The summed E-state index contributed by atoms with van der Waals surface area (Å²) < 4.78 is 0. The first kappa shape index (κ1) is 22.8. The van der Waals surface area contributed by atoms with E-state index in [1.165, 1.54) is 24.8 Å². The van der Waals surface area contributed by atoms with Crippen LogP contribution in [-0.4, -0.2) is 33.1 Å². The number of rotatable bonds is 5. The average Bonchev–Trinajstić information content (AvgIpc) is 3.04. The van der Waals surface area contributed by atoms with E-state index in [4.69, 9.17) is 0 Å². The molecule has 1 unspecified atom stereocenters. The summed E-state index contributed by atoms with van der Waals surface area (Å²) in [6.07, 6.45) is 12.1. The second kappa shape index (κ2) is 7.89. The third kappa shape index (κ3) is 3.52. The van der Waals surface area contributed by atoms with Crippen LogP contribution in [0.3, 0.4) is 0 Å². The van der Waals surface area contributed by atoms with Crippen molar-refractivity contribution in [3.05, 3.63) is 11.6 Å². The van der Waals surface area contributed by atoms with Gasteiger partial charge in [0.2, 0.25) is 0 Å². The first-order valence-corrected chi connectivity index (χ1v) is 12.8. The topological polar surface area (TPSA) is 60.7 Å². The van der Waals surface area contributed by atoms with Crippen molar-refractivity contribution < 1.29 is 15.3 Å². The molecule has 0 spiro atoms. The molecule has 9 atom stereocenters. The molecule has 3 heteroatoms. The number of fused-ring (bicyclic) bond motifs is 5. The Bertz CT molecular complexity index is 667. The summed E-state index contributed by atoms with van der Waals surface area (Å²) in [5, 5.41) is 32.7. The molecule has 0 bridgehead atoms. The molecule has 3 nitrogen and oxygen atoms in total. The van der Waals surface area contributed by atoms with Crippen LogP contribution >= 0.6 is 0 Å². The van der Waals surface area contributed by atoms with Crippen LogP contribution in [0, 0.1) is 40.4 Å². The predicted molar refractivity (Wildman–Crippen MR) is 122 cm³/mol. The molecular formula is C27H46O3. The molecule has 0 heterocycles. The van der Waals surface area contributed by atoms with Gasteiger partial charge in [0.1, 0.15) is 0 Å². The molecule has 3 fully saturated rings. The molecule has 172 valence electrons. The Kier molecular flexibility index (Phi) is 5.99. The molecule has 0 saturated heterocycles. The Morgan fingerprint density at radius 2 is 1.80 bits per heavy atom. The maximum atomic E-state index is 11.6. The van der Waals surface area contributed by atoms with Gasteiger partial charge in [0.05, 0.1) is 17.8 Å². The van der Waals surface area contributed by atoms with Crippen LogP contribution in [-0.2, 0) is 0 Å². The van der Waals surface area contributed by atoms with E-state index in [-0.39, 0.29) is 22.9 Å². The van der Waals surface area contributed by atoms with Gasteiger partial charge < -0.3 is 15.3 Å². The Morgan fingerprint density at radius 1 is 1.07 bits per heavy atom. The van der Waals surface area contributed by atoms with Crippen LogP contribution in [0.1, 0.15) is 98.8 Å². The van der Waals surface area contributed by atoms with Gasteiger partial charge in [-0.1, -0.05) is 39.3 Å². The minimum Gasteiger partial charge on any atom is -0.393 e. The van der Waals surface area contributed by atoms with Crippen LogP contribution in [0.4, 0.5) is 0 Å². The van der Waals surface area contributed by atoms with Crippen molar-refractivity contribution in [3.8, 4) is 0 Å². The van der Waals surface area contributed by atoms with Gasteiger partial charge in [0.15, 0.2) is 0 Å². The average molecular weight is 419 g/mol. The van der Waals surface area contributed by atoms with Crippen LogP contribution in [0.2, 0.25) is 0 Å². The summed E-state index contributed by atoms with van der Waals surface area (Å²) in [6.45, 7) is 11.2. The molecule has 0 radical (unpaired) electrons. The van der Waals surface area contributed by atoms with Gasteiger partial charge in [-0.15, -0.1) is 0 Å². The van der Waals surface area contributed by atoms with E-state index in [9.17, 15) is 15.3 Å². The van der Waals surface area contributed by atoms with Crippen LogP contribution in [0.5, 0.6) is 0 Å². The van der Waals surface area contributed by atoms with Gasteiger partial charge in [0.25, 0.3) is 0 Å². The highest BCUT2D eigenvalue weighted by Gasteiger charge is 2.62. The van der Waals surface area contributed by atoms with Crippen molar-refractivity contribution in [1.29, 1.82) is 0 Å². The van der Waals surface area contributed by atoms with E-state index in [1.54, 1.807) is 0 Å². The lowest BCUT2D eigenvalue weighted by atomic mass is 9.46. The molecular weight excluding hydrogens is 372 g/mol. The Hall–Kier alpha value is -0.380. The van der Waals surface area contributed by atoms with E-state index < -0.39 is 11.7 Å². The number of hydrogen-bond donors (Lipinski definition) is 3. The van der Waals surface area contributed by atoms with Gasteiger partial charge in [-0.3, -0.25) is 0 Å². The SMILES string of the molecule is CC(C)CCC(O)[C@](C)(O)[C@@H]1CC[C@H]2[C@@H]3CC=C4C[C@@H](O)CC[C@]4(C)[C@H]3CC[C@@]12C. The lowest BCUT2D eigenvalue weighted by molar-refractivity contribution is -0.151. The molecule has 30 heavy (non-hydrogen) atoms. The Labute approximate surface area is 184 Å². The fourth-order valence-corrected chi connectivity index (χ4v) is 8.62. The normalized spacial score (nSPS) is 46.4. The highest BCUT2D eigenvalue weighted by molar-refractivity contribution is 5.25. The Morgan fingerprint density at radius 3 is 2.50 bits per heavy atom. The van der Waals surface area contributed by atoms with Gasteiger partial charge in [-0.25, -0.2) is 0 Å². The highest BCUT2D eigenvalue weighted by atomic mass is 16.3. The first-order chi connectivity index (χ1) is 14.0. The molecule has 0 aliphatic heterocycles. The smallest absolute Gasteiger partial charge is 0.0910 e. The maximum absolute atomic E-state index is 11.6. The van der Waals surface area contributed by atoms with Crippen molar-refractivity contribution in [2.75, 3.05) is 0 Å². The predicted octanol–water partition coefficient (Wildman–Crippen LogP) is 5.47. The number of aliphatic hydroxyl groups is 3. The maximum Gasteiger partial charge on any atom is 0.0910 e. The molecule has 4 rings (SSSR count). The lowest BCUT2D eigenvalue weighted by Gasteiger charge is -2.59. The largest absolute Gasteiger partial charge is 0.393 e. The lowest BCUT2D eigenvalue weighted by Crippen LogP contribution is -2.55. The number of aliphatic hydroxyl groups excluding tert-OH is 2. The molecule has 4 aliphatic rings. The number of allylic oxidation sites excluding steroid dienone is 1. The molecule has 0 amide bonds. The summed E-state index contributed by atoms with van der Waals surface area (Å²) >= 11 is 0. The monoisotopic (exact) mass is 418 g/mol. The molecule has 3 N–H and O–H groups in total. The second-order valence-corrected chi connectivity index (χ2v) is 12.5. The summed E-state index contributed by atoms with van der Waals surface area (Å²) in [4.78, 5) is 0. The highest BCUT2D eigenvalue weighted by Crippen LogP contribution is 2.67. The van der Waals surface area contributed by atoms with Crippen LogP contribution in [0.15, 0.2) is 11.6 Å². The molecule has 0 aromatic heterocycles. The number of hydrogen-bond acceptors (Lipinski definition) is 3. The van der Waals surface area contributed by atoms with Crippen molar-refractivity contribution in [2.45, 2.75) is 117 Å². The quantitative estimate of drug-likeness (QED) is 0.519. The van der Waals surface area contributed by atoms with Gasteiger partial charge in [0, 0.05) is 0 Å². The van der Waals surface area contributed by atoms with Crippen molar-refractivity contribution in [3.63, 3.8) is 0 Å². The van der Waals surface area contributed by atoms with E-state index in [2.05, 4.69) is 33.8 Å². The third-order valence-electron chi connectivity index (χ3n) is 10.5. The summed E-state index contributed by atoms with van der Waals surface area (Å²) in [5.74, 6) is 2.80. The zero-order chi connectivity index (χ0) is 21.9. The van der Waals surface area contributed by atoms with E-state index in [1.807, 2.05) is 6.92 Å². The minimum atomic E-state index is -1.00. The van der Waals surface area contributed by atoms with Gasteiger partial charge >= 0.3 is 0 Å². The summed E-state index contributed by atoms with van der Waals surface area (Å²) in [7, 11) is 0. The Balaban J connectivity index is 1.55. The van der Waals surface area contributed by atoms with Gasteiger partial charge in [-0.05, 0) is 112 Å². The zero-order valence-electron chi connectivity index (χ0n) is 20.0. The van der Waals surface area contributed by atoms with Crippen molar-refractivity contribution >= 4 is 0 Å². The summed E-state index contributed by atoms with van der Waals surface area (Å²) in [5.41, 5.74) is 0.914. The van der Waals surface area contributed by atoms with Gasteiger partial charge in [-0.2, -0.15) is 0 Å². The standard InChI is InChI=1S/C27H46O3/c1-17(2)6-11-24(29)27(5,30)23-10-9-21-20-8-7-18-16-19(28)12-14-25(18,3)22(20)13-15-26(21,23)4/h7,17,19-24,28-30H,6,8-16H2,1-5H3/t19-,20-,21-,22-,23+,24?,25-,26+,27+/m0/s1. The fourth-order valence-electron chi connectivity index (χ4n) is 8.62. The van der Waals surface area contributed by atoms with Crippen LogP contribution < -0.4 is 0 Å². The van der Waals surface area contributed by atoms with Crippen LogP contribution in [0.25, 0.3) is 0 Å². The first-order valence-electron chi connectivity index (χ1n) is 12.8. The molecule has 0 aromatic carbocycles. The van der Waals surface area contributed by atoms with E-state index >= 15 is 0 Å². The third-order valence-corrected chi connectivity index (χ3v) is 10.5. The zero-order valence-corrected chi connectivity index (χ0v) is 20.0. The van der Waals surface area contributed by atoms with Crippen molar-refractivity contribution in [2.24, 2.45) is 40.4 Å². The minimum absolute atomic E-state index is 0.124. The fraction of sp³-hybridized carbons (Fsp3) is 0.926. The molecule has 0 aromatic rings. The molecule has 4 aliphatic carbocycles. The van der Waals surface area contributed by atoms with E-state index in [0.717, 1.165) is 44.4 Å². The van der Waals surface area contributed by atoms with Crippen molar-refractivity contribution in [1.82, 2.24) is 0 Å².